The van der Waals surface area contributed by atoms with Gasteiger partial charge in [-0.2, -0.15) is 8.78 Å². The fourth-order valence-corrected chi connectivity index (χ4v) is 4.05. The summed E-state index contributed by atoms with van der Waals surface area (Å²) in [6, 6.07) is 2.80. The van der Waals surface area contributed by atoms with Crippen LogP contribution in [0.25, 0.3) is 0 Å². The number of carbonyl (C=O) groups is 1. The molecule has 1 unspecified atom stereocenters. The van der Waals surface area contributed by atoms with Crippen LogP contribution in [0.3, 0.4) is 0 Å². The Morgan fingerprint density at radius 1 is 1.36 bits per heavy atom. The molecular formula is C16H19Cl3F2N2O2. The fourth-order valence-electron chi connectivity index (χ4n) is 3.47. The van der Waals surface area contributed by atoms with Crippen molar-refractivity contribution >= 4 is 41.5 Å². The van der Waals surface area contributed by atoms with Crippen LogP contribution in [0.5, 0.6) is 5.75 Å². The second kappa shape index (κ2) is 8.25. The van der Waals surface area contributed by atoms with Gasteiger partial charge in [0, 0.05) is 23.0 Å². The summed E-state index contributed by atoms with van der Waals surface area (Å²) in [6.45, 7) is -1.09. The van der Waals surface area contributed by atoms with E-state index in [2.05, 4.69) is 15.4 Å². The first-order valence-corrected chi connectivity index (χ1v) is 8.58. The summed E-state index contributed by atoms with van der Waals surface area (Å²) >= 11 is 11.8. The van der Waals surface area contributed by atoms with E-state index >= 15 is 0 Å². The Balaban J connectivity index is 0.00000225. The van der Waals surface area contributed by atoms with Crippen LogP contribution in [0.15, 0.2) is 12.1 Å². The lowest BCUT2D eigenvalue weighted by molar-refractivity contribution is -0.123. The van der Waals surface area contributed by atoms with Crippen molar-refractivity contribution in [2.45, 2.75) is 32.4 Å². The van der Waals surface area contributed by atoms with Gasteiger partial charge in [0.2, 0.25) is 5.91 Å². The maximum absolute atomic E-state index is 12.5. The van der Waals surface area contributed by atoms with E-state index in [4.69, 9.17) is 23.2 Å². The molecule has 3 rings (SSSR count). The van der Waals surface area contributed by atoms with Crippen molar-refractivity contribution in [2.75, 3.05) is 13.1 Å². The zero-order valence-electron chi connectivity index (χ0n) is 13.3. The first-order chi connectivity index (χ1) is 11.4. The molecule has 4 nitrogen and oxygen atoms in total. The lowest BCUT2D eigenvalue weighted by atomic mass is 9.92. The van der Waals surface area contributed by atoms with Crippen LogP contribution < -0.4 is 15.4 Å². The molecule has 0 bridgehead atoms. The molecular weight excluding hydrogens is 397 g/mol. The Hall–Kier alpha value is -0.820. The summed E-state index contributed by atoms with van der Waals surface area (Å²) in [5, 5.41) is 6.38. The summed E-state index contributed by atoms with van der Waals surface area (Å²) in [7, 11) is 0. The van der Waals surface area contributed by atoms with Crippen LogP contribution >= 0.6 is 35.6 Å². The average molecular weight is 416 g/mol. The van der Waals surface area contributed by atoms with Crippen LogP contribution in [0, 0.1) is 11.3 Å². The number of halogens is 5. The molecule has 1 atom stereocenters. The van der Waals surface area contributed by atoms with Gasteiger partial charge < -0.3 is 15.4 Å². The van der Waals surface area contributed by atoms with Gasteiger partial charge in [-0.15, -0.1) is 12.4 Å². The van der Waals surface area contributed by atoms with E-state index in [0.717, 1.165) is 32.4 Å². The maximum atomic E-state index is 12.5. The van der Waals surface area contributed by atoms with Crippen molar-refractivity contribution in [3.63, 3.8) is 0 Å². The second-order valence-corrected chi connectivity index (χ2v) is 7.18. The van der Waals surface area contributed by atoms with E-state index < -0.39 is 6.61 Å². The molecule has 2 aliphatic rings. The summed E-state index contributed by atoms with van der Waals surface area (Å²) in [5.74, 6) is -0.214. The number of hydrogen-bond acceptors (Lipinski definition) is 3. The number of ether oxygens (including phenoxy) is 1. The Morgan fingerprint density at radius 3 is 2.68 bits per heavy atom. The highest BCUT2D eigenvalue weighted by Crippen LogP contribution is 2.58. The molecule has 1 aliphatic heterocycles. The van der Waals surface area contributed by atoms with Gasteiger partial charge >= 0.3 is 6.61 Å². The minimum absolute atomic E-state index is 0. The Morgan fingerprint density at radius 2 is 2.04 bits per heavy atom. The van der Waals surface area contributed by atoms with Crippen molar-refractivity contribution in [3.8, 4) is 5.75 Å². The standard InChI is InChI=1S/C16H18Cl2F2N2O2.ClH/c17-10-5-9(13(12(18)6-10)24-15(19)20)8-22-14(23)11-7-16(11)1-3-21-4-2-16;/h5-6,11,15,21H,1-4,7-8H2,(H,22,23);1H. The molecule has 1 aromatic carbocycles. The number of nitrogens with one attached hydrogen (secondary N) is 2. The number of amides is 1. The van der Waals surface area contributed by atoms with Crippen molar-refractivity contribution in [1.82, 2.24) is 10.6 Å². The number of benzene rings is 1. The predicted molar refractivity (Wildman–Crippen MR) is 94.8 cm³/mol. The monoisotopic (exact) mass is 414 g/mol. The van der Waals surface area contributed by atoms with Gasteiger partial charge in [0.05, 0.1) is 5.02 Å². The van der Waals surface area contributed by atoms with Gasteiger partial charge in [0.25, 0.3) is 0 Å². The van der Waals surface area contributed by atoms with Crippen LogP contribution in [0.2, 0.25) is 10.0 Å². The van der Waals surface area contributed by atoms with Gasteiger partial charge in [0.15, 0.2) is 0 Å². The highest BCUT2D eigenvalue weighted by molar-refractivity contribution is 6.35. The summed E-state index contributed by atoms with van der Waals surface area (Å²) < 4.78 is 29.6. The Bertz CT molecular complexity index is 640. The third-order valence-corrected chi connectivity index (χ3v) is 5.35. The normalized spacial score (nSPS) is 20.9. The van der Waals surface area contributed by atoms with Crippen molar-refractivity contribution < 1.29 is 18.3 Å². The first-order valence-electron chi connectivity index (χ1n) is 7.82. The second-order valence-electron chi connectivity index (χ2n) is 6.34. The van der Waals surface area contributed by atoms with Crippen LogP contribution in [0.4, 0.5) is 8.78 Å². The number of alkyl halides is 2. The largest absolute Gasteiger partial charge is 0.433 e. The van der Waals surface area contributed by atoms with Crippen LogP contribution in [-0.2, 0) is 11.3 Å². The molecule has 2 fully saturated rings. The highest BCUT2D eigenvalue weighted by Gasteiger charge is 2.57. The van der Waals surface area contributed by atoms with Crippen LogP contribution in [0.1, 0.15) is 24.8 Å². The lowest BCUT2D eigenvalue weighted by Crippen LogP contribution is -2.33. The molecule has 1 spiro atoms. The number of piperidine rings is 1. The fraction of sp³-hybridized carbons (Fsp3) is 0.562. The summed E-state index contributed by atoms with van der Waals surface area (Å²) in [6.07, 6.45) is 2.87. The maximum Gasteiger partial charge on any atom is 0.387 e. The molecule has 140 valence electrons. The SMILES string of the molecule is Cl.O=C(NCc1cc(Cl)cc(Cl)c1OC(F)F)C1CC12CCNCC2. The van der Waals surface area contributed by atoms with E-state index in [-0.39, 0.29) is 47.0 Å². The third kappa shape index (κ3) is 4.67. The zero-order valence-corrected chi connectivity index (χ0v) is 15.6. The van der Waals surface area contributed by atoms with Crippen LogP contribution in [-0.4, -0.2) is 25.6 Å². The number of hydrogen-bond donors (Lipinski definition) is 2. The number of rotatable bonds is 5. The van der Waals surface area contributed by atoms with E-state index in [1.165, 1.54) is 12.1 Å². The predicted octanol–water partition coefficient (Wildman–Crippen LogP) is 4.02. The van der Waals surface area contributed by atoms with Gasteiger partial charge in [-0.3, -0.25) is 4.79 Å². The molecule has 25 heavy (non-hydrogen) atoms. The molecule has 1 aromatic rings. The van der Waals surface area contributed by atoms with Gasteiger partial charge in [0.1, 0.15) is 5.75 Å². The Kier molecular flexibility index (Phi) is 6.76. The van der Waals surface area contributed by atoms with E-state index in [1.54, 1.807) is 0 Å². The molecule has 9 heteroatoms. The molecule has 1 heterocycles. The van der Waals surface area contributed by atoms with Crippen molar-refractivity contribution in [2.24, 2.45) is 11.3 Å². The summed E-state index contributed by atoms with van der Waals surface area (Å²) in [4.78, 5) is 12.4. The van der Waals surface area contributed by atoms with E-state index in [9.17, 15) is 13.6 Å². The lowest BCUT2D eigenvalue weighted by Gasteiger charge is -2.23. The third-order valence-electron chi connectivity index (χ3n) is 4.85. The van der Waals surface area contributed by atoms with Crippen molar-refractivity contribution in [3.05, 3.63) is 27.7 Å². The molecule has 0 aromatic heterocycles. The minimum atomic E-state index is -3.00. The van der Waals surface area contributed by atoms with Gasteiger partial charge in [-0.25, -0.2) is 0 Å². The highest BCUT2D eigenvalue weighted by atomic mass is 35.5. The van der Waals surface area contributed by atoms with Gasteiger partial charge in [-0.05, 0) is 49.9 Å². The first kappa shape index (κ1) is 20.5. The van der Waals surface area contributed by atoms with E-state index in [1.807, 2.05) is 0 Å². The topological polar surface area (TPSA) is 50.4 Å². The van der Waals surface area contributed by atoms with Gasteiger partial charge in [-0.1, -0.05) is 23.2 Å². The molecule has 0 radical (unpaired) electrons. The molecule has 1 saturated heterocycles. The van der Waals surface area contributed by atoms with Crippen molar-refractivity contribution in [1.29, 1.82) is 0 Å². The quantitative estimate of drug-likeness (QED) is 0.763. The summed E-state index contributed by atoms with van der Waals surface area (Å²) in [5.41, 5.74) is 0.449. The minimum Gasteiger partial charge on any atom is -0.433 e. The number of carbonyl (C=O) groups excluding carboxylic acids is 1. The average Bonchev–Trinajstić information content (AvgIpc) is 3.21. The Labute approximate surface area is 161 Å². The van der Waals surface area contributed by atoms with E-state index in [0.29, 0.717) is 10.6 Å². The zero-order chi connectivity index (χ0) is 17.3. The molecule has 1 amide bonds. The molecule has 1 saturated carbocycles. The molecule has 1 aliphatic carbocycles. The smallest absolute Gasteiger partial charge is 0.387 e. The molecule has 2 N–H and O–H groups in total.